The van der Waals surface area contributed by atoms with Gasteiger partial charge in [-0.15, -0.1) is 0 Å². The molecule has 0 bridgehead atoms. The minimum atomic E-state index is -3.31. The van der Waals surface area contributed by atoms with Crippen molar-refractivity contribution in [3.05, 3.63) is 17.3 Å². The fourth-order valence-electron chi connectivity index (χ4n) is 2.14. The van der Waals surface area contributed by atoms with Crippen LogP contribution in [0.4, 0.5) is 0 Å². The summed E-state index contributed by atoms with van der Waals surface area (Å²) in [5.41, 5.74) is 1.70. The molecule has 0 amide bonds. The lowest BCUT2D eigenvalue weighted by molar-refractivity contribution is 0.283. The molecule has 0 fully saturated rings. The first kappa shape index (κ1) is 13.3. The Hall–Kier alpha value is -1.10. The average Bonchev–Trinajstić information content (AvgIpc) is 2.25. The van der Waals surface area contributed by atoms with E-state index in [1.807, 2.05) is 20.8 Å². The van der Waals surface area contributed by atoms with Gasteiger partial charge in [0.05, 0.1) is 12.3 Å². The summed E-state index contributed by atoms with van der Waals surface area (Å²) in [7, 11) is -3.31. The largest absolute Gasteiger partial charge is 0.493 e. The van der Waals surface area contributed by atoms with Gasteiger partial charge >= 0.3 is 0 Å². The van der Waals surface area contributed by atoms with Gasteiger partial charge in [-0.25, -0.2) is 13.4 Å². The fraction of sp³-hybridized carbons (Fsp3) is 0.615. The van der Waals surface area contributed by atoms with E-state index in [4.69, 9.17) is 4.74 Å². The van der Waals surface area contributed by atoms with Crippen molar-refractivity contribution in [3.63, 3.8) is 0 Å². The topological polar surface area (TPSA) is 56.3 Å². The molecule has 0 saturated carbocycles. The predicted molar refractivity (Wildman–Crippen MR) is 69.9 cm³/mol. The molecule has 0 atom stereocenters. The van der Waals surface area contributed by atoms with E-state index in [-0.39, 0.29) is 10.4 Å². The second-order valence-corrected chi connectivity index (χ2v) is 7.72. The molecule has 1 aromatic heterocycles. The Morgan fingerprint density at radius 3 is 2.56 bits per heavy atom. The lowest BCUT2D eigenvalue weighted by atomic mass is 9.86. The lowest BCUT2D eigenvalue weighted by Crippen LogP contribution is -2.22. The molecule has 1 aliphatic rings. The molecule has 0 unspecified atom stereocenters. The number of ether oxygens (including phenoxy) is 1. The van der Waals surface area contributed by atoms with E-state index in [9.17, 15) is 8.42 Å². The monoisotopic (exact) mass is 269 g/mol. The summed E-state index contributed by atoms with van der Waals surface area (Å²) in [4.78, 5) is 4.36. The molecular weight excluding hydrogens is 250 g/mol. The van der Waals surface area contributed by atoms with Crippen LogP contribution in [0, 0.1) is 0 Å². The minimum absolute atomic E-state index is 0.105. The van der Waals surface area contributed by atoms with Crippen LogP contribution in [0.15, 0.2) is 11.1 Å². The van der Waals surface area contributed by atoms with Crippen LogP contribution in [0.5, 0.6) is 5.75 Å². The van der Waals surface area contributed by atoms with Crippen molar-refractivity contribution in [1.29, 1.82) is 0 Å². The van der Waals surface area contributed by atoms with Gasteiger partial charge in [0, 0.05) is 23.3 Å². The molecule has 0 radical (unpaired) electrons. The summed E-state index contributed by atoms with van der Waals surface area (Å²) in [5.74, 6) is 0.682. The van der Waals surface area contributed by atoms with Crippen LogP contribution in [0.25, 0.3) is 0 Å². The molecule has 1 aliphatic heterocycles. The maximum atomic E-state index is 11.7. The SMILES string of the molecule is CC(C)(C)c1nc(S(C)(=O)=O)cc2c1CCCO2. The van der Waals surface area contributed by atoms with Crippen LogP contribution in [-0.4, -0.2) is 26.3 Å². The maximum absolute atomic E-state index is 11.7. The maximum Gasteiger partial charge on any atom is 0.192 e. The van der Waals surface area contributed by atoms with Crippen molar-refractivity contribution >= 4 is 9.84 Å². The summed E-state index contributed by atoms with van der Waals surface area (Å²) in [6, 6.07) is 1.55. The highest BCUT2D eigenvalue weighted by atomic mass is 32.2. The van der Waals surface area contributed by atoms with Gasteiger partial charge in [0.25, 0.3) is 0 Å². The molecule has 1 aromatic rings. The van der Waals surface area contributed by atoms with Crippen LogP contribution >= 0.6 is 0 Å². The van der Waals surface area contributed by atoms with Gasteiger partial charge in [0.1, 0.15) is 5.75 Å². The zero-order chi connectivity index (χ0) is 13.6. The van der Waals surface area contributed by atoms with Crippen molar-refractivity contribution in [3.8, 4) is 5.75 Å². The number of sulfone groups is 1. The van der Waals surface area contributed by atoms with E-state index in [0.717, 1.165) is 24.1 Å². The second-order valence-electron chi connectivity index (χ2n) is 5.76. The first-order valence-corrected chi connectivity index (χ1v) is 7.96. The Bertz CT molecular complexity index is 571. The van der Waals surface area contributed by atoms with Crippen LogP contribution in [-0.2, 0) is 21.7 Å². The van der Waals surface area contributed by atoms with Gasteiger partial charge in [-0.3, -0.25) is 0 Å². The summed E-state index contributed by atoms with van der Waals surface area (Å²) in [6.07, 6.45) is 3.03. The van der Waals surface area contributed by atoms with E-state index < -0.39 is 9.84 Å². The van der Waals surface area contributed by atoms with Crippen LogP contribution in [0.2, 0.25) is 0 Å². The molecule has 0 spiro atoms. The van der Waals surface area contributed by atoms with Crippen molar-refractivity contribution in [1.82, 2.24) is 4.98 Å². The molecule has 4 nitrogen and oxygen atoms in total. The van der Waals surface area contributed by atoms with E-state index in [1.165, 1.54) is 6.26 Å². The predicted octanol–water partition coefficient (Wildman–Crippen LogP) is 2.11. The van der Waals surface area contributed by atoms with Crippen molar-refractivity contribution in [2.75, 3.05) is 12.9 Å². The van der Waals surface area contributed by atoms with Gasteiger partial charge < -0.3 is 4.74 Å². The first-order chi connectivity index (χ1) is 8.19. The van der Waals surface area contributed by atoms with E-state index in [0.29, 0.717) is 12.4 Å². The normalized spacial score (nSPS) is 16.0. The molecule has 0 aromatic carbocycles. The highest BCUT2D eigenvalue weighted by molar-refractivity contribution is 7.90. The fourth-order valence-corrected chi connectivity index (χ4v) is 2.72. The van der Waals surface area contributed by atoms with Gasteiger partial charge in [0.2, 0.25) is 0 Å². The summed E-state index contributed by atoms with van der Waals surface area (Å²) < 4.78 is 29.0. The number of hydrogen-bond acceptors (Lipinski definition) is 4. The quantitative estimate of drug-likeness (QED) is 0.783. The van der Waals surface area contributed by atoms with Gasteiger partial charge in [-0.05, 0) is 12.8 Å². The lowest BCUT2D eigenvalue weighted by Gasteiger charge is -2.27. The Kier molecular flexibility index (Phi) is 3.13. The molecule has 5 heteroatoms. The third kappa shape index (κ3) is 2.51. The van der Waals surface area contributed by atoms with Gasteiger partial charge in [0.15, 0.2) is 14.9 Å². The summed E-state index contributed by atoms with van der Waals surface area (Å²) >= 11 is 0. The van der Waals surface area contributed by atoms with Crippen molar-refractivity contribution < 1.29 is 13.2 Å². The van der Waals surface area contributed by atoms with Crippen molar-refractivity contribution in [2.24, 2.45) is 0 Å². The van der Waals surface area contributed by atoms with Crippen LogP contribution in [0.1, 0.15) is 38.4 Å². The molecular formula is C13H19NO3S. The number of fused-ring (bicyclic) bond motifs is 1. The highest BCUT2D eigenvalue weighted by Gasteiger charge is 2.27. The van der Waals surface area contributed by atoms with Crippen LogP contribution in [0.3, 0.4) is 0 Å². The molecule has 2 heterocycles. The number of rotatable bonds is 1. The Labute approximate surface area is 108 Å². The number of hydrogen-bond donors (Lipinski definition) is 0. The Morgan fingerprint density at radius 2 is 2.00 bits per heavy atom. The Morgan fingerprint density at radius 1 is 1.33 bits per heavy atom. The van der Waals surface area contributed by atoms with Gasteiger partial charge in [-0.2, -0.15) is 0 Å². The summed E-state index contributed by atoms with van der Waals surface area (Å²) in [6.45, 7) is 6.76. The molecule has 2 rings (SSSR count). The number of nitrogens with zero attached hydrogens (tertiary/aromatic N) is 1. The summed E-state index contributed by atoms with van der Waals surface area (Å²) in [5, 5.41) is 0.105. The molecule has 18 heavy (non-hydrogen) atoms. The van der Waals surface area contributed by atoms with Crippen LogP contribution < -0.4 is 4.74 Å². The molecule has 0 saturated heterocycles. The molecule has 0 aliphatic carbocycles. The Balaban J connectivity index is 2.70. The zero-order valence-corrected chi connectivity index (χ0v) is 12.1. The third-order valence-electron chi connectivity index (χ3n) is 2.98. The third-order valence-corrected chi connectivity index (χ3v) is 3.95. The highest BCUT2D eigenvalue weighted by Crippen LogP contribution is 2.35. The smallest absolute Gasteiger partial charge is 0.192 e. The standard InChI is InChI=1S/C13H19NO3S/c1-13(2,3)12-9-6-5-7-17-10(9)8-11(14-12)18(4,15)16/h8H,5-7H2,1-4H3. The molecule has 100 valence electrons. The zero-order valence-electron chi connectivity index (χ0n) is 11.3. The number of pyridine rings is 1. The average molecular weight is 269 g/mol. The van der Waals surface area contributed by atoms with E-state index in [2.05, 4.69) is 4.98 Å². The second kappa shape index (κ2) is 4.23. The first-order valence-electron chi connectivity index (χ1n) is 6.07. The van der Waals surface area contributed by atoms with Gasteiger partial charge in [-0.1, -0.05) is 20.8 Å². The van der Waals surface area contributed by atoms with E-state index in [1.54, 1.807) is 6.07 Å². The number of aromatic nitrogens is 1. The molecule has 0 N–H and O–H groups in total. The van der Waals surface area contributed by atoms with Crippen molar-refractivity contribution in [2.45, 2.75) is 44.1 Å². The van der Waals surface area contributed by atoms with E-state index >= 15 is 0 Å². The minimum Gasteiger partial charge on any atom is -0.493 e.